The van der Waals surface area contributed by atoms with Crippen LogP contribution in [0.3, 0.4) is 0 Å². The predicted octanol–water partition coefficient (Wildman–Crippen LogP) is 4.48. The van der Waals surface area contributed by atoms with Crippen LogP contribution >= 0.6 is 0 Å². The molecule has 0 aromatic heterocycles. The van der Waals surface area contributed by atoms with E-state index >= 15 is 0 Å². The predicted molar refractivity (Wildman–Crippen MR) is 107 cm³/mol. The van der Waals surface area contributed by atoms with Gasteiger partial charge in [0.15, 0.2) is 0 Å². The Morgan fingerprint density at radius 2 is 1.77 bits per heavy atom. The van der Waals surface area contributed by atoms with Gasteiger partial charge in [-0.05, 0) is 43.7 Å². The molecule has 2 heteroatoms. The Labute approximate surface area is 157 Å². The van der Waals surface area contributed by atoms with E-state index in [-0.39, 0.29) is 5.41 Å². The molecule has 3 unspecified atom stereocenters. The zero-order valence-corrected chi connectivity index (χ0v) is 16.1. The summed E-state index contributed by atoms with van der Waals surface area (Å²) in [4.78, 5) is 2.64. The Morgan fingerprint density at radius 1 is 1.04 bits per heavy atom. The van der Waals surface area contributed by atoms with Crippen molar-refractivity contribution in [3.63, 3.8) is 0 Å². The highest BCUT2D eigenvalue weighted by molar-refractivity contribution is 5.27. The van der Waals surface area contributed by atoms with Crippen molar-refractivity contribution in [3.8, 4) is 0 Å². The second-order valence-electron chi connectivity index (χ2n) is 8.93. The molecule has 138 valence electrons. The van der Waals surface area contributed by atoms with Crippen molar-refractivity contribution in [1.29, 1.82) is 0 Å². The summed E-state index contributed by atoms with van der Waals surface area (Å²) >= 11 is 0. The van der Waals surface area contributed by atoms with Crippen LogP contribution in [-0.4, -0.2) is 34.7 Å². The van der Waals surface area contributed by atoms with Crippen LogP contribution < -0.4 is 0 Å². The quantitative estimate of drug-likeness (QED) is 0.883. The third-order valence-electron chi connectivity index (χ3n) is 6.70. The standard InChI is InChI=1S/C24H31NO/c1-19-8-10-20(11-9-19)16-24(26)14-15-25-18-23(2,13-12-22(25)17-24)21-6-4-3-5-7-21/h3-11,22,26H,12-18H2,1-2H3. The second kappa shape index (κ2) is 6.83. The van der Waals surface area contributed by atoms with Crippen LogP contribution in [0.4, 0.5) is 0 Å². The van der Waals surface area contributed by atoms with Crippen molar-refractivity contribution in [2.45, 2.75) is 63.0 Å². The topological polar surface area (TPSA) is 23.5 Å². The van der Waals surface area contributed by atoms with Crippen molar-refractivity contribution in [1.82, 2.24) is 4.90 Å². The number of nitrogens with zero attached hydrogens (tertiary/aromatic N) is 1. The molecule has 2 fully saturated rings. The first-order valence-corrected chi connectivity index (χ1v) is 10.0. The van der Waals surface area contributed by atoms with Gasteiger partial charge in [0.05, 0.1) is 5.60 Å². The molecule has 2 aromatic carbocycles. The summed E-state index contributed by atoms with van der Waals surface area (Å²) in [5.74, 6) is 0. The van der Waals surface area contributed by atoms with Crippen LogP contribution in [0.15, 0.2) is 54.6 Å². The van der Waals surface area contributed by atoms with Gasteiger partial charge >= 0.3 is 0 Å². The zero-order chi connectivity index (χ0) is 18.2. The van der Waals surface area contributed by atoms with Crippen LogP contribution in [0.1, 0.15) is 49.3 Å². The number of hydrogen-bond acceptors (Lipinski definition) is 2. The van der Waals surface area contributed by atoms with Crippen LogP contribution in [0.25, 0.3) is 0 Å². The summed E-state index contributed by atoms with van der Waals surface area (Å²) < 4.78 is 0. The monoisotopic (exact) mass is 349 g/mol. The zero-order valence-electron chi connectivity index (χ0n) is 16.1. The molecule has 4 rings (SSSR count). The van der Waals surface area contributed by atoms with Gasteiger partial charge in [-0.25, -0.2) is 0 Å². The Morgan fingerprint density at radius 3 is 2.50 bits per heavy atom. The maximum atomic E-state index is 11.3. The molecular weight excluding hydrogens is 318 g/mol. The maximum absolute atomic E-state index is 11.3. The van der Waals surface area contributed by atoms with Crippen molar-refractivity contribution < 1.29 is 5.11 Å². The third-order valence-corrected chi connectivity index (χ3v) is 6.70. The number of piperidine rings is 2. The highest BCUT2D eigenvalue weighted by Crippen LogP contribution is 2.41. The smallest absolute Gasteiger partial charge is 0.0715 e. The molecule has 2 nitrogen and oxygen atoms in total. The van der Waals surface area contributed by atoms with E-state index in [1.54, 1.807) is 0 Å². The molecule has 0 aliphatic carbocycles. The lowest BCUT2D eigenvalue weighted by Gasteiger charge is -2.51. The third kappa shape index (κ3) is 3.58. The van der Waals surface area contributed by atoms with E-state index < -0.39 is 5.60 Å². The number of benzene rings is 2. The van der Waals surface area contributed by atoms with Gasteiger partial charge < -0.3 is 5.11 Å². The van der Waals surface area contributed by atoms with E-state index in [2.05, 4.69) is 73.3 Å². The summed E-state index contributed by atoms with van der Waals surface area (Å²) in [6.07, 6.45) is 4.96. The van der Waals surface area contributed by atoms with Gasteiger partial charge in [0.2, 0.25) is 0 Å². The SMILES string of the molecule is Cc1ccc(CC2(O)CCN3CC(C)(c4ccccc4)CCC3C2)cc1. The number of hydrogen-bond donors (Lipinski definition) is 1. The van der Waals surface area contributed by atoms with E-state index in [4.69, 9.17) is 0 Å². The Hall–Kier alpha value is -1.64. The first-order valence-electron chi connectivity index (χ1n) is 10.0. The van der Waals surface area contributed by atoms with E-state index in [1.165, 1.54) is 29.5 Å². The first kappa shape index (κ1) is 17.8. The largest absolute Gasteiger partial charge is 0.389 e. The number of aryl methyl sites for hydroxylation is 1. The van der Waals surface area contributed by atoms with Crippen molar-refractivity contribution in [2.24, 2.45) is 0 Å². The minimum Gasteiger partial charge on any atom is -0.389 e. The fourth-order valence-corrected chi connectivity index (χ4v) is 5.03. The van der Waals surface area contributed by atoms with Crippen LogP contribution in [0.2, 0.25) is 0 Å². The minimum atomic E-state index is -0.545. The van der Waals surface area contributed by atoms with Crippen molar-refractivity contribution in [3.05, 3.63) is 71.3 Å². The van der Waals surface area contributed by atoms with E-state index in [0.717, 1.165) is 32.4 Å². The van der Waals surface area contributed by atoms with Crippen molar-refractivity contribution in [2.75, 3.05) is 13.1 Å². The van der Waals surface area contributed by atoms with Gasteiger partial charge in [0, 0.05) is 31.0 Å². The molecule has 0 amide bonds. The molecule has 1 N–H and O–H groups in total. The van der Waals surface area contributed by atoms with Gasteiger partial charge in [0.25, 0.3) is 0 Å². The van der Waals surface area contributed by atoms with Crippen molar-refractivity contribution >= 4 is 0 Å². The lowest BCUT2D eigenvalue weighted by molar-refractivity contribution is -0.0661. The Balaban J connectivity index is 1.44. The number of aliphatic hydroxyl groups is 1. The molecule has 2 aromatic rings. The highest BCUT2D eigenvalue weighted by Gasteiger charge is 2.44. The average molecular weight is 350 g/mol. The lowest BCUT2D eigenvalue weighted by atomic mass is 9.70. The van der Waals surface area contributed by atoms with E-state index in [1.807, 2.05) is 0 Å². The maximum Gasteiger partial charge on any atom is 0.0715 e. The fourth-order valence-electron chi connectivity index (χ4n) is 5.03. The molecule has 3 atom stereocenters. The first-order chi connectivity index (χ1) is 12.5. The van der Waals surface area contributed by atoms with Crippen LogP contribution in [0, 0.1) is 6.92 Å². The van der Waals surface area contributed by atoms with Gasteiger partial charge in [-0.3, -0.25) is 4.90 Å². The molecule has 26 heavy (non-hydrogen) atoms. The summed E-state index contributed by atoms with van der Waals surface area (Å²) in [6, 6.07) is 20.1. The van der Waals surface area contributed by atoms with Gasteiger partial charge in [0.1, 0.15) is 0 Å². The molecule has 2 heterocycles. The number of fused-ring (bicyclic) bond motifs is 1. The van der Waals surface area contributed by atoms with Gasteiger partial charge in [-0.15, -0.1) is 0 Å². The molecule has 0 spiro atoms. The summed E-state index contributed by atoms with van der Waals surface area (Å²) in [5, 5.41) is 11.3. The molecule has 2 saturated heterocycles. The van der Waals surface area contributed by atoms with Crippen LogP contribution in [0.5, 0.6) is 0 Å². The normalized spacial score (nSPS) is 32.2. The Bertz CT molecular complexity index is 741. The minimum absolute atomic E-state index is 0.240. The van der Waals surface area contributed by atoms with Gasteiger partial charge in [-0.1, -0.05) is 67.1 Å². The fraction of sp³-hybridized carbons (Fsp3) is 0.500. The van der Waals surface area contributed by atoms with E-state index in [9.17, 15) is 5.11 Å². The molecule has 0 bridgehead atoms. The second-order valence-corrected chi connectivity index (χ2v) is 8.93. The summed E-state index contributed by atoms with van der Waals surface area (Å²) in [7, 11) is 0. The average Bonchev–Trinajstić information content (AvgIpc) is 2.65. The lowest BCUT2D eigenvalue weighted by Crippen LogP contribution is -2.57. The highest BCUT2D eigenvalue weighted by atomic mass is 16.3. The molecule has 0 saturated carbocycles. The number of rotatable bonds is 3. The molecular formula is C24H31NO. The van der Waals surface area contributed by atoms with Crippen LogP contribution in [-0.2, 0) is 11.8 Å². The van der Waals surface area contributed by atoms with E-state index in [0.29, 0.717) is 6.04 Å². The van der Waals surface area contributed by atoms with Gasteiger partial charge in [-0.2, -0.15) is 0 Å². The summed E-state index contributed by atoms with van der Waals surface area (Å²) in [6.45, 7) is 6.64. The molecule has 2 aliphatic heterocycles. The molecule has 2 aliphatic rings. The molecule has 0 radical (unpaired) electrons. The Kier molecular flexibility index (Phi) is 4.66. The summed E-state index contributed by atoms with van der Waals surface area (Å²) in [5.41, 5.74) is 3.69.